The molecule has 7 aliphatic rings. The van der Waals surface area contributed by atoms with Crippen LogP contribution in [0.25, 0.3) is 33.1 Å². The van der Waals surface area contributed by atoms with Gasteiger partial charge < -0.3 is 23.8 Å². The number of anilines is 1. The Morgan fingerprint density at radius 1 is 1.15 bits per heavy atom. The van der Waals surface area contributed by atoms with Gasteiger partial charge in [0, 0.05) is 60.1 Å². The minimum atomic E-state index is -0.917. The van der Waals surface area contributed by atoms with E-state index >= 15 is 4.39 Å². The predicted molar refractivity (Wildman–Crippen MR) is 171 cm³/mol. The molecule has 4 aromatic rings. The van der Waals surface area contributed by atoms with Gasteiger partial charge in [0.1, 0.15) is 35.9 Å². The van der Waals surface area contributed by atoms with Crippen molar-refractivity contribution < 1.29 is 32.5 Å². The second-order valence-electron chi connectivity index (χ2n) is 13.9. The molecule has 1 saturated carbocycles. The highest BCUT2D eigenvalue weighted by atomic mass is 35.5. The number of nitrogens with zero attached hydrogens (tertiary/aromatic N) is 6. The molecule has 9 heterocycles. The smallest absolute Gasteiger partial charge is 0.461 e. The number of carbonyl (C=O) groups excluding carboxylic acids is 1. The van der Waals surface area contributed by atoms with Crippen LogP contribution in [0.1, 0.15) is 37.7 Å². The summed E-state index contributed by atoms with van der Waals surface area (Å²) in [6, 6.07) is 1.72. The summed E-state index contributed by atoms with van der Waals surface area (Å²) in [5.41, 5.74) is 0.870. The van der Waals surface area contributed by atoms with Crippen LogP contribution in [0, 0.1) is 11.2 Å². The van der Waals surface area contributed by atoms with Crippen molar-refractivity contribution in [2.24, 2.45) is 5.41 Å². The van der Waals surface area contributed by atoms with Gasteiger partial charge >= 0.3 is 12.2 Å². The maximum atomic E-state index is 17.1. The second kappa shape index (κ2) is 11.3. The standard InChI is InChI=1S/C33H34ClF2N7O5/c34-23-8-24-21(13-38-41-24)25-20(23)2-6-46-31(44)48-19-10-32(11-19)15-42(5-7-45-16-32)29-22-12-37-28(25)26(36)27(22)39-30(40-29)47-17-33-3-1-4-43(33)14-18(35)9-33/h8,12-13,18-19H,1-7,9-11,14-17H2,(H,38,41)/t18-,19?,32?,33+/m1/s1. The number of nitrogens with one attached hydrogen (secondary N) is 1. The fourth-order valence-electron chi connectivity index (χ4n) is 8.58. The highest BCUT2D eigenvalue weighted by Crippen LogP contribution is 2.47. The number of hydrogen-bond donors (Lipinski definition) is 1. The van der Waals surface area contributed by atoms with Crippen molar-refractivity contribution in [3.63, 3.8) is 0 Å². The summed E-state index contributed by atoms with van der Waals surface area (Å²) in [6.45, 7) is 3.29. The Balaban J connectivity index is 1.21. The molecule has 3 aromatic heterocycles. The van der Waals surface area contributed by atoms with Crippen LogP contribution < -0.4 is 9.64 Å². The Bertz CT molecular complexity index is 1940. The third-order valence-corrected chi connectivity index (χ3v) is 11.1. The number of aromatic amines is 1. The normalized spacial score (nSPS) is 28.9. The highest BCUT2D eigenvalue weighted by molar-refractivity contribution is 6.33. The van der Waals surface area contributed by atoms with Crippen molar-refractivity contribution in [2.45, 2.75) is 56.3 Å². The van der Waals surface area contributed by atoms with Gasteiger partial charge in [-0.25, -0.2) is 13.6 Å². The van der Waals surface area contributed by atoms with Crippen LogP contribution in [0.3, 0.4) is 0 Å². The van der Waals surface area contributed by atoms with Crippen molar-refractivity contribution in [1.29, 1.82) is 0 Å². The first-order valence-corrected chi connectivity index (χ1v) is 16.9. The van der Waals surface area contributed by atoms with E-state index in [9.17, 15) is 9.18 Å². The third kappa shape index (κ3) is 4.94. The number of alkyl halides is 1. The van der Waals surface area contributed by atoms with Gasteiger partial charge in [-0.1, -0.05) is 11.6 Å². The molecule has 1 N–H and O–H groups in total. The summed E-state index contributed by atoms with van der Waals surface area (Å²) >= 11 is 6.76. The molecule has 0 radical (unpaired) electrons. The van der Waals surface area contributed by atoms with Crippen LogP contribution in [0.2, 0.25) is 5.02 Å². The zero-order valence-corrected chi connectivity index (χ0v) is 26.9. The summed E-state index contributed by atoms with van der Waals surface area (Å²) in [6.07, 6.45) is 4.68. The van der Waals surface area contributed by atoms with Gasteiger partial charge in [0.25, 0.3) is 0 Å². The Hall–Kier alpha value is -3.88. The second-order valence-corrected chi connectivity index (χ2v) is 14.3. The van der Waals surface area contributed by atoms with E-state index in [4.69, 9.17) is 35.5 Å². The van der Waals surface area contributed by atoms with Crippen LogP contribution in [-0.4, -0.2) is 107 Å². The lowest BCUT2D eigenvalue weighted by Gasteiger charge is -2.47. The lowest BCUT2D eigenvalue weighted by Crippen LogP contribution is -2.51. The van der Waals surface area contributed by atoms with Crippen molar-refractivity contribution in [3.8, 4) is 17.3 Å². The van der Waals surface area contributed by atoms with Crippen molar-refractivity contribution in [3.05, 3.63) is 34.9 Å². The molecule has 252 valence electrons. The molecule has 6 aliphatic heterocycles. The fourth-order valence-corrected chi connectivity index (χ4v) is 8.88. The number of pyridine rings is 1. The van der Waals surface area contributed by atoms with Gasteiger partial charge in [0.05, 0.1) is 42.5 Å². The van der Waals surface area contributed by atoms with E-state index in [1.807, 2.05) is 0 Å². The quantitative estimate of drug-likeness (QED) is 0.293. The van der Waals surface area contributed by atoms with E-state index in [2.05, 4.69) is 30.0 Å². The lowest BCUT2D eigenvalue weighted by atomic mass is 9.67. The largest absolute Gasteiger partial charge is 0.508 e. The Labute approximate surface area is 279 Å². The zero-order chi connectivity index (χ0) is 32.6. The molecule has 0 unspecified atom stereocenters. The van der Waals surface area contributed by atoms with Crippen LogP contribution >= 0.6 is 11.6 Å². The summed E-state index contributed by atoms with van der Waals surface area (Å²) in [5.74, 6) is -0.201. The average molecular weight is 682 g/mol. The van der Waals surface area contributed by atoms with Gasteiger partial charge in [-0.05, 0) is 43.9 Å². The molecule has 15 heteroatoms. The Kier molecular flexibility index (Phi) is 7.14. The lowest BCUT2D eigenvalue weighted by molar-refractivity contribution is -0.0893. The predicted octanol–water partition coefficient (Wildman–Crippen LogP) is 5.01. The average Bonchev–Trinajstić information content (AvgIpc) is 3.69. The number of ether oxygens (including phenoxy) is 4. The van der Waals surface area contributed by atoms with Gasteiger partial charge in [-0.3, -0.25) is 15.0 Å². The van der Waals surface area contributed by atoms with Crippen molar-refractivity contribution in [2.75, 3.05) is 57.5 Å². The molecule has 1 spiro atoms. The number of hydrogen-bond acceptors (Lipinski definition) is 11. The number of rotatable bonds is 3. The number of aromatic nitrogens is 5. The molecular weight excluding hydrogens is 648 g/mol. The topological polar surface area (TPSA) is 128 Å². The minimum absolute atomic E-state index is 0.0165. The maximum Gasteiger partial charge on any atom is 0.508 e. The van der Waals surface area contributed by atoms with Crippen molar-refractivity contribution >= 4 is 45.4 Å². The molecule has 1 aromatic carbocycles. The van der Waals surface area contributed by atoms with Gasteiger partial charge in [-0.15, -0.1) is 0 Å². The first kappa shape index (κ1) is 30.2. The monoisotopic (exact) mass is 681 g/mol. The van der Waals surface area contributed by atoms with E-state index in [0.29, 0.717) is 90.4 Å². The maximum absolute atomic E-state index is 17.1. The number of H-pyrrole nitrogens is 1. The van der Waals surface area contributed by atoms with E-state index in [1.54, 1.807) is 18.5 Å². The summed E-state index contributed by atoms with van der Waals surface area (Å²) < 4.78 is 55.1. The fraction of sp³-hybridized carbons (Fsp3) is 0.545. The van der Waals surface area contributed by atoms with Crippen molar-refractivity contribution in [1.82, 2.24) is 30.0 Å². The third-order valence-electron chi connectivity index (χ3n) is 10.8. The van der Waals surface area contributed by atoms with E-state index in [0.717, 1.165) is 19.4 Å². The van der Waals surface area contributed by atoms with Crippen LogP contribution in [0.5, 0.6) is 6.01 Å². The molecule has 1 aliphatic carbocycles. The highest BCUT2D eigenvalue weighted by Gasteiger charge is 2.50. The zero-order valence-electron chi connectivity index (χ0n) is 26.1. The number of carbonyl (C=O) groups is 1. The molecule has 7 bridgehead atoms. The molecule has 48 heavy (non-hydrogen) atoms. The molecule has 12 nitrogen and oxygen atoms in total. The number of benzene rings is 1. The molecule has 11 rings (SSSR count). The minimum Gasteiger partial charge on any atom is -0.461 e. The Morgan fingerprint density at radius 2 is 2.04 bits per heavy atom. The Morgan fingerprint density at radius 3 is 2.94 bits per heavy atom. The van der Waals surface area contributed by atoms with E-state index in [-0.39, 0.29) is 48.4 Å². The van der Waals surface area contributed by atoms with E-state index in [1.165, 1.54) is 0 Å². The van der Waals surface area contributed by atoms with Gasteiger partial charge in [-0.2, -0.15) is 15.1 Å². The van der Waals surface area contributed by atoms with Gasteiger partial charge in [0.15, 0.2) is 5.82 Å². The van der Waals surface area contributed by atoms with Crippen LogP contribution in [-0.2, 0) is 20.6 Å². The molecule has 3 saturated heterocycles. The number of fused-ring (bicyclic) bond motifs is 2. The molecule has 0 amide bonds. The summed E-state index contributed by atoms with van der Waals surface area (Å²) in [7, 11) is 0. The van der Waals surface area contributed by atoms with E-state index < -0.39 is 23.7 Å². The molecule has 4 fully saturated rings. The van der Waals surface area contributed by atoms with Crippen LogP contribution in [0.4, 0.5) is 19.4 Å². The number of halogens is 3. The first-order chi connectivity index (χ1) is 23.3. The van der Waals surface area contributed by atoms with Crippen LogP contribution in [0.15, 0.2) is 18.5 Å². The summed E-state index contributed by atoms with van der Waals surface area (Å²) in [4.78, 5) is 31.1. The molecular formula is C33H34ClF2N7O5. The summed E-state index contributed by atoms with van der Waals surface area (Å²) in [5, 5.41) is 8.44. The SMILES string of the molecule is O=C1OCCc2c(Cl)cc3[nH]ncc3c2-c2ncc3c(nc(OC[C@@]45CCCN4C[C@H](F)C5)nc3c2F)N2CCOCC3(CC(C3)O1)C2. The molecule has 2 atom stereocenters. The first-order valence-electron chi connectivity index (χ1n) is 16.5. The van der Waals surface area contributed by atoms with Gasteiger partial charge in [0.2, 0.25) is 0 Å².